The van der Waals surface area contributed by atoms with Crippen molar-refractivity contribution < 1.29 is 19.8 Å². The molecule has 3 rings (SSSR count). The number of aliphatic hydroxyl groups is 2. The first-order valence-electron chi connectivity index (χ1n) is 15.8. The van der Waals surface area contributed by atoms with Crippen molar-refractivity contribution in [2.45, 2.75) is 96.1 Å². The monoisotopic (exact) mass is 596 g/mol. The fraction of sp³-hybridized carbons (Fsp3) is 0.600. The van der Waals surface area contributed by atoms with Gasteiger partial charge in [-0.3, -0.25) is 9.59 Å². The van der Waals surface area contributed by atoms with Crippen molar-refractivity contribution in [3.63, 3.8) is 0 Å². The Hall–Kier alpha value is -2.35. The summed E-state index contributed by atoms with van der Waals surface area (Å²) in [6.07, 6.45) is 5.65. The molecule has 1 fully saturated rings. The summed E-state index contributed by atoms with van der Waals surface area (Å²) in [6.45, 7) is 6.06. The van der Waals surface area contributed by atoms with E-state index in [0.29, 0.717) is 30.9 Å². The summed E-state index contributed by atoms with van der Waals surface area (Å²) in [4.78, 5) is 26.7. The number of carbonyl (C=O) groups is 2. The van der Waals surface area contributed by atoms with Crippen LogP contribution in [0.2, 0.25) is 0 Å². The highest BCUT2D eigenvalue weighted by Crippen LogP contribution is 2.29. The van der Waals surface area contributed by atoms with Gasteiger partial charge in [0.2, 0.25) is 11.8 Å². The molecule has 0 saturated heterocycles. The van der Waals surface area contributed by atoms with Crippen LogP contribution in [-0.4, -0.2) is 52.6 Å². The minimum atomic E-state index is -1.02. The summed E-state index contributed by atoms with van der Waals surface area (Å²) >= 11 is 1.75. The summed E-state index contributed by atoms with van der Waals surface area (Å²) in [7, 11) is 0. The number of hydrogen-bond donors (Lipinski definition) is 4. The molecule has 0 aliphatic heterocycles. The van der Waals surface area contributed by atoms with Crippen LogP contribution in [0, 0.1) is 23.7 Å². The Morgan fingerprint density at radius 2 is 1.50 bits per heavy atom. The van der Waals surface area contributed by atoms with Crippen molar-refractivity contribution in [3.05, 3.63) is 71.8 Å². The first kappa shape index (κ1) is 34.1. The molecule has 1 aliphatic rings. The second kappa shape index (κ2) is 18.3. The van der Waals surface area contributed by atoms with Crippen LogP contribution in [0.3, 0.4) is 0 Å². The molecule has 1 aliphatic carbocycles. The smallest absolute Gasteiger partial charge is 0.224 e. The van der Waals surface area contributed by atoms with Crippen molar-refractivity contribution in [1.29, 1.82) is 0 Å². The highest BCUT2D eigenvalue weighted by molar-refractivity contribution is 7.98. The Labute approximate surface area is 257 Å². The van der Waals surface area contributed by atoms with Gasteiger partial charge in [0.25, 0.3) is 0 Å². The van der Waals surface area contributed by atoms with Crippen molar-refractivity contribution >= 4 is 23.6 Å². The van der Waals surface area contributed by atoms with Crippen LogP contribution < -0.4 is 10.6 Å². The average Bonchev–Trinajstić information content (AvgIpc) is 2.99. The number of nitrogens with one attached hydrogen (secondary N) is 2. The summed E-state index contributed by atoms with van der Waals surface area (Å²) in [5.74, 6) is 1.26. The van der Waals surface area contributed by atoms with E-state index in [1.165, 1.54) is 24.8 Å². The second-order valence-electron chi connectivity index (χ2n) is 12.6. The molecular formula is C35H52N2O4S. The summed E-state index contributed by atoms with van der Waals surface area (Å²) in [5.41, 5.74) is 2.35. The van der Waals surface area contributed by atoms with Gasteiger partial charge in [-0.05, 0) is 42.2 Å². The molecule has 232 valence electrons. The topological polar surface area (TPSA) is 98.7 Å². The Balaban J connectivity index is 1.57. The minimum absolute atomic E-state index is 0.0507. The largest absolute Gasteiger partial charge is 0.390 e. The third kappa shape index (κ3) is 12.1. The molecule has 4 N–H and O–H groups in total. The highest BCUT2D eigenvalue weighted by atomic mass is 32.2. The van der Waals surface area contributed by atoms with Crippen LogP contribution in [0.25, 0.3) is 0 Å². The first-order chi connectivity index (χ1) is 20.2. The van der Waals surface area contributed by atoms with Crippen LogP contribution >= 0.6 is 11.8 Å². The van der Waals surface area contributed by atoms with Gasteiger partial charge in [0.05, 0.1) is 24.0 Å². The van der Waals surface area contributed by atoms with E-state index in [-0.39, 0.29) is 30.2 Å². The van der Waals surface area contributed by atoms with E-state index in [2.05, 4.69) is 22.8 Å². The van der Waals surface area contributed by atoms with Gasteiger partial charge in [-0.2, -0.15) is 11.8 Å². The van der Waals surface area contributed by atoms with E-state index < -0.39 is 24.2 Å². The lowest BCUT2D eigenvalue weighted by atomic mass is 9.82. The molecule has 42 heavy (non-hydrogen) atoms. The zero-order valence-electron chi connectivity index (χ0n) is 25.7. The van der Waals surface area contributed by atoms with Crippen LogP contribution in [-0.2, 0) is 21.8 Å². The number of benzene rings is 2. The van der Waals surface area contributed by atoms with Gasteiger partial charge in [-0.25, -0.2) is 0 Å². The third-order valence-corrected chi connectivity index (χ3v) is 9.49. The molecule has 0 aromatic heterocycles. The maximum atomic E-state index is 13.4. The van der Waals surface area contributed by atoms with E-state index in [1.54, 1.807) is 18.7 Å². The number of thioether (sulfide) groups is 1. The molecule has 5 atom stereocenters. The fourth-order valence-corrected chi connectivity index (χ4v) is 6.89. The van der Waals surface area contributed by atoms with Gasteiger partial charge in [0, 0.05) is 18.1 Å². The molecule has 2 amide bonds. The van der Waals surface area contributed by atoms with Crippen molar-refractivity contribution in [2.24, 2.45) is 23.7 Å². The molecule has 0 unspecified atom stereocenters. The van der Waals surface area contributed by atoms with Gasteiger partial charge in [-0.15, -0.1) is 0 Å². The maximum absolute atomic E-state index is 13.4. The van der Waals surface area contributed by atoms with Crippen molar-refractivity contribution in [1.82, 2.24) is 10.6 Å². The lowest BCUT2D eigenvalue weighted by Gasteiger charge is -2.33. The van der Waals surface area contributed by atoms with Crippen molar-refractivity contribution in [3.8, 4) is 0 Å². The lowest BCUT2D eigenvalue weighted by Crippen LogP contribution is -2.52. The van der Waals surface area contributed by atoms with Gasteiger partial charge in [-0.1, -0.05) is 114 Å². The highest BCUT2D eigenvalue weighted by Gasteiger charge is 2.32. The fourth-order valence-electron chi connectivity index (χ4n) is 5.79. The van der Waals surface area contributed by atoms with Crippen LogP contribution in [0.1, 0.15) is 76.8 Å². The van der Waals surface area contributed by atoms with E-state index in [9.17, 15) is 19.8 Å². The molecule has 0 heterocycles. The van der Waals surface area contributed by atoms with E-state index in [1.807, 2.05) is 62.4 Å². The normalized spacial score (nSPS) is 17.7. The number of amides is 2. The summed E-state index contributed by atoms with van der Waals surface area (Å²) < 4.78 is 0. The standard InChI is InChI=1S/C35H52N2O4S/c1-25(2)19-32(38)33(39)31(21-28-15-9-5-10-16-28)37-34(40)26(3)22-36-35(41)30(20-27-13-7-4-8-14-27)24-42-23-29-17-11-6-12-18-29/h4,6-8,11-14,17-18,25-26,28,30-33,38-39H,5,9-10,15-16,19-24H2,1-3H3,(H,36,41)(H,37,40)/t26-,30-,31+,32+,33-/m1/s1. The van der Waals surface area contributed by atoms with Gasteiger partial charge < -0.3 is 20.8 Å². The van der Waals surface area contributed by atoms with E-state index in [4.69, 9.17) is 0 Å². The molecule has 0 bridgehead atoms. The van der Waals surface area contributed by atoms with Crippen LogP contribution in [0.4, 0.5) is 0 Å². The molecule has 2 aromatic carbocycles. The predicted molar refractivity (Wildman–Crippen MR) is 173 cm³/mol. The molecule has 6 nitrogen and oxygen atoms in total. The quantitative estimate of drug-likeness (QED) is 0.186. The number of carbonyl (C=O) groups excluding carboxylic acids is 2. The maximum Gasteiger partial charge on any atom is 0.224 e. The molecule has 0 radical (unpaired) electrons. The first-order valence-corrected chi connectivity index (χ1v) is 17.0. The SMILES string of the molecule is CC(C)C[C@H](O)[C@H](O)[C@H](CC1CCCCC1)NC(=O)[C@H](C)CNC(=O)[C@@H](CSCc1ccccc1)Cc1ccccc1. The molecular weight excluding hydrogens is 544 g/mol. The minimum Gasteiger partial charge on any atom is -0.390 e. The zero-order valence-corrected chi connectivity index (χ0v) is 26.5. The lowest BCUT2D eigenvalue weighted by molar-refractivity contribution is -0.128. The second-order valence-corrected chi connectivity index (χ2v) is 13.6. The number of hydrogen-bond acceptors (Lipinski definition) is 5. The van der Waals surface area contributed by atoms with Gasteiger partial charge in [0.15, 0.2) is 0 Å². The van der Waals surface area contributed by atoms with E-state index >= 15 is 0 Å². The third-order valence-electron chi connectivity index (χ3n) is 8.32. The Morgan fingerprint density at radius 1 is 0.881 bits per heavy atom. The molecule has 7 heteroatoms. The van der Waals surface area contributed by atoms with Crippen molar-refractivity contribution in [2.75, 3.05) is 12.3 Å². The zero-order chi connectivity index (χ0) is 30.3. The predicted octanol–water partition coefficient (Wildman–Crippen LogP) is 5.75. The summed E-state index contributed by atoms with van der Waals surface area (Å²) in [6, 6.07) is 19.8. The van der Waals surface area contributed by atoms with Gasteiger partial charge >= 0.3 is 0 Å². The number of aliphatic hydroxyl groups excluding tert-OH is 2. The summed E-state index contributed by atoms with van der Waals surface area (Å²) in [5, 5.41) is 27.8. The molecule has 2 aromatic rings. The number of rotatable bonds is 17. The Bertz CT molecular complexity index is 1050. The average molecular weight is 597 g/mol. The van der Waals surface area contributed by atoms with Crippen LogP contribution in [0.5, 0.6) is 0 Å². The Morgan fingerprint density at radius 3 is 2.12 bits per heavy atom. The van der Waals surface area contributed by atoms with Crippen LogP contribution in [0.15, 0.2) is 60.7 Å². The molecule has 0 spiro atoms. The Kier molecular flexibility index (Phi) is 14.9. The van der Waals surface area contributed by atoms with E-state index in [0.717, 1.165) is 24.2 Å². The molecule has 1 saturated carbocycles. The van der Waals surface area contributed by atoms with Gasteiger partial charge in [0.1, 0.15) is 6.10 Å².